The van der Waals surface area contributed by atoms with Gasteiger partial charge in [-0.15, -0.1) is 11.3 Å². The molecule has 2 heterocycles. The number of benzene rings is 2. The Labute approximate surface area is 186 Å². The van der Waals surface area contributed by atoms with Crippen LogP contribution in [0.5, 0.6) is 0 Å². The molecule has 1 aromatic heterocycles. The van der Waals surface area contributed by atoms with E-state index in [4.69, 9.17) is 0 Å². The van der Waals surface area contributed by atoms with E-state index in [0.29, 0.717) is 10.9 Å². The first-order chi connectivity index (χ1) is 15.0. The number of thiophene rings is 1. The molecule has 3 N–H and O–H groups in total. The zero-order chi connectivity index (χ0) is 21.8. The monoisotopic (exact) mass is 434 g/mol. The van der Waals surface area contributed by atoms with Gasteiger partial charge in [0.2, 0.25) is 5.91 Å². The minimum Gasteiger partial charge on any atom is -0.370 e. The lowest BCUT2D eigenvalue weighted by Gasteiger charge is -2.19. The van der Waals surface area contributed by atoms with Gasteiger partial charge in [-0.3, -0.25) is 9.59 Å². The standard InChI is InChI=1S/C24H26N4O2S/c1-16(29)26-19-5-3-4-17(14-19)22-10-11-23(31-22)24(30)27-18-6-8-21(9-7-18)28-13-12-20(15-28)25-2/h3-11,14,20,25H,12-13,15H2,1-2H3,(H,26,29)(H,27,30). The highest BCUT2D eigenvalue weighted by Crippen LogP contribution is 2.30. The number of hydrogen-bond donors (Lipinski definition) is 3. The first kappa shape index (κ1) is 21.1. The van der Waals surface area contributed by atoms with Crippen LogP contribution in [0.3, 0.4) is 0 Å². The normalized spacial score (nSPS) is 15.7. The van der Waals surface area contributed by atoms with Gasteiger partial charge < -0.3 is 20.9 Å². The van der Waals surface area contributed by atoms with Gasteiger partial charge >= 0.3 is 0 Å². The van der Waals surface area contributed by atoms with Crippen LogP contribution in [0.1, 0.15) is 23.0 Å². The lowest BCUT2D eigenvalue weighted by atomic mass is 10.1. The van der Waals surface area contributed by atoms with E-state index in [1.54, 1.807) is 0 Å². The van der Waals surface area contributed by atoms with Gasteiger partial charge in [0.1, 0.15) is 0 Å². The van der Waals surface area contributed by atoms with Crippen molar-refractivity contribution in [3.8, 4) is 10.4 Å². The molecule has 0 bridgehead atoms. The maximum atomic E-state index is 12.7. The van der Waals surface area contributed by atoms with Crippen LogP contribution in [0.15, 0.2) is 60.7 Å². The zero-order valence-electron chi connectivity index (χ0n) is 17.6. The Morgan fingerprint density at radius 2 is 1.81 bits per heavy atom. The highest BCUT2D eigenvalue weighted by molar-refractivity contribution is 7.17. The summed E-state index contributed by atoms with van der Waals surface area (Å²) in [6.45, 7) is 3.53. The van der Waals surface area contributed by atoms with E-state index in [2.05, 4.69) is 33.0 Å². The van der Waals surface area contributed by atoms with Gasteiger partial charge in [0.15, 0.2) is 0 Å². The highest BCUT2D eigenvalue weighted by Gasteiger charge is 2.21. The molecule has 3 aromatic rings. The topological polar surface area (TPSA) is 73.5 Å². The number of amides is 2. The second-order valence-corrected chi connectivity index (χ2v) is 8.73. The van der Waals surface area contributed by atoms with Gasteiger partial charge in [-0.2, -0.15) is 0 Å². The number of carbonyl (C=O) groups excluding carboxylic acids is 2. The summed E-state index contributed by atoms with van der Waals surface area (Å²) in [5, 5.41) is 9.10. The number of anilines is 3. The van der Waals surface area contributed by atoms with Crippen molar-refractivity contribution in [3.05, 3.63) is 65.5 Å². The van der Waals surface area contributed by atoms with Gasteiger partial charge in [-0.1, -0.05) is 12.1 Å². The number of carbonyl (C=O) groups is 2. The molecule has 160 valence electrons. The van der Waals surface area contributed by atoms with Gasteiger partial charge in [-0.25, -0.2) is 0 Å². The van der Waals surface area contributed by atoms with E-state index in [1.165, 1.54) is 23.9 Å². The SMILES string of the molecule is CNC1CCN(c2ccc(NC(=O)c3ccc(-c4cccc(NC(C)=O)c4)s3)cc2)C1. The number of nitrogens with zero attached hydrogens (tertiary/aromatic N) is 1. The van der Waals surface area contributed by atoms with Crippen molar-refractivity contribution in [2.45, 2.75) is 19.4 Å². The predicted molar refractivity (Wildman–Crippen MR) is 128 cm³/mol. The van der Waals surface area contributed by atoms with Crippen molar-refractivity contribution in [1.29, 1.82) is 0 Å². The average molecular weight is 435 g/mol. The summed E-state index contributed by atoms with van der Waals surface area (Å²) in [6.07, 6.45) is 1.14. The van der Waals surface area contributed by atoms with Crippen molar-refractivity contribution >= 4 is 40.2 Å². The lowest BCUT2D eigenvalue weighted by molar-refractivity contribution is -0.114. The number of likely N-dealkylation sites (N-methyl/N-ethyl adjacent to an activating group) is 1. The molecule has 0 saturated carbocycles. The van der Waals surface area contributed by atoms with Gasteiger partial charge in [0.25, 0.3) is 5.91 Å². The Kier molecular flexibility index (Phi) is 6.34. The van der Waals surface area contributed by atoms with Crippen molar-refractivity contribution in [2.24, 2.45) is 0 Å². The van der Waals surface area contributed by atoms with Crippen LogP contribution in [-0.2, 0) is 4.79 Å². The van der Waals surface area contributed by atoms with Crippen molar-refractivity contribution in [1.82, 2.24) is 5.32 Å². The van der Waals surface area contributed by atoms with E-state index in [0.717, 1.165) is 41.3 Å². The summed E-state index contributed by atoms with van der Waals surface area (Å²) in [7, 11) is 2.00. The molecule has 31 heavy (non-hydrogen) atoms. The van der Waals surface area contributed by atoms with Gasteiger partial charge in [-0.05, 0) is 67.6 Å². The molecule has 1 fully saturated rings. The molecular weight excluding hydrogens is 408 g/mol. The summed E-state index contributed by atoms with van der Waals surface area (Å²) < 4.78 is 0. The summed E-state index contributed by atoms with van der Waals surface area (Å²) in [6, 6.07) is 19.9. The van der Waals surface area contributed by atoms with Crippen LogP contribution in [0.25, 0.3) is 10.4 Å². The minimum atomic E-state index is -0.126. The average Bonchev–Trinajstić information content (AvgIpc) is 3.44. The highest BCUT2D eigenvalue weighted by atomic mass is 32.1. The van der Waals surface area contributed by atoms with Crippen LogP contribution in [0.4, 0.5) is 17.1 Å². The van der Waals surface area contributed by atoms with Crippen LogP contribution >= 0.6 is 11.3 Å². The third kappa shape index (κ3) is 5.13. The Morgan fingerprint density at radius 1 is 1.00 bits per heavy atom. The lowest BCUT2D eigenvalue weighted by Crippen LogP contribution is -2.29. The summed E-state index contributed by atoms with van der Waals surface area (Å²) in [5.74, 6) is -0.237. The smallest absolute Gasteiger partial charge is 0.265 e. The summed E-state index contributed by atoms with van der Waals surface area (Å²) in [5.41, 5.74) is 3.66. The predicted octanol–water partition coefficient (Wildman–Crippen LogP) is 4.42. The second kappa shape index (κ2) is 9.32. The van der Waals surface area contributed by atoms with E-state index >= 15 is 0 Å². The summed E-state index contributed by atoms with van der Waals surface area (Å²) in [4.78, 5) is 28.0. The number of rotatable bonds is 6. The molecule has 1 saturated heterocycles. The van der Waals surface area contributed by atoms with Crippen molar-refractivity contribution in [2.75, 3.05) is 35.7 Å². The molecule has 1 atom stereocenters. The molecule has 0 aliphatic carbocycles. The molecule has 1 aliphatic heterocycles. The molecule has 6 nitrogen and oxygen atoms in total. The first-order valence-electron chi connectivity index (χ1n) is 10.3. The maximum absolute atomic E-state index is 12.7. The van der Waals surface area contributed by atoms with E-state index < -0.39 is 0 Å². The van der Waals surface area contributed by atoms with E-state index in [1.807, 2.05) is 55.6 Å². The van der Waals surface area contributed by atoms with E-state index in [-0.39, 0.29) is 11.8 Å². The Hall–Kier alpha value is -3.16. The minimum absolute atomic E-state index is 0.110. The van der Waals surface area contributed by atoms with Crippen LogP contribution in [-0.4, -0.2) is 38.0 Å². The fourth-order valence-electron chi connectivity index (χ4n) is 3.75. The second-order valence-electron chi connectivity index (χ2n) is 7.65. The molecular formula is C24H26N4O2S. The first-order valence-corrected chi connectivity index (χ1v) is 11.1. The van der Waals surface area contributed by atoms with Crippen LogP contribution in [0.2, 0.25) is 0 Å². The Bertz CT molecular complexity index is 1080. The number of hydrogen-bond acceptors (Lipinski definition) is 5. The molecule has 7 heteroatoms. The third-order valence-corrected chi connectivity index (χ3v) is 6.52. The Morgan fingerprint density at radius 3 is 2.52 bits per heavy atom. The molecule has 2 amide bonds. The van der Waals surface area contributed by atoms with E-state index in [9.17, 15) is 9.59 Å². The molecule has 2 aromatic carbocycles. The molecule has 0 spiro atoms. The van der Waals surface area contributed by atoms with Crippen LogP contribution < -0.4 is 20.9 Å². The number of nitrogens with one attached hydrogen (secondary N) is 3. The third-order valence-electron chi connectivity index (χ3n) is 5.38. The van der Waals surface area contributed by atoms with Crippen molar-refractivity contribution in [3.63, 3.8) is 0 Å². The molecule has 0 radical (unpaired) electrons. The molecule has 1 aliphatic rings. The Balaban J connectivity index is 1.41. The summed E-state index contributed by atoms with van der Waals surface area (Å²) >= 11 is 1.43. The fraction of sp³-hybridized carbons (Fsp3) is 0.250. The van der Waals surface area contributed by atoms with Gasteiger partial charge in [0.05, 0.1) is 4.88 Å². The largest absolute Gasteiger partial charge is 0.370 e. The molecule has 1 unspecified atom stereocenters. The maximum Gasteiger partial charge on any atom is 0.265 e. The fourth-order valence-corrected chi connectivity index (χ4v) is 4.64. The quantitative estimate of drug-likeness (QED) is 0.537. The van der Waals surface area contributed by atoms with Crippen molar-refractivity contribution < 1.29 is 9.59 Å². The zero-order valence-corrected chi connectivity index (χ0v) is 18.5. The van der Waals surface area contributed by atoms with Crippen LogP contribution in [0, 0.1) is 0 Å². The molecule has 4 rings (SSSR count). The van der Waals surface area contributed by atoms with Gasteiger partial charge in [0, 0.05) is 48.0 Å².